The molecule has 0 bridgehead atoms. The summed E-state index contributed by atoms with van der Waals surface area (Å²) < 4.78 is 0. The van der Waals surface area contributed by atoms with Crippen molar-refractivity contribution < 1.29 is 19.2 Å². The van der Waals surface area contributed by atoms with Gasteiger partial charge in [0.2, 0.25) is 11.8 Å². The van der Waals surface area contributed by atoms with Crippen LogP contribution < -0.4 is 10.2 Å². The van der Waals surface area contributed by atoms with Crippen LogP contribution in [-0.2, 0) is 9.59 Å². The van der Waals surface area contributed by atoms with Crippen molar-refractivity contribution in [3.63, 3.8) is 0 Å². The van der Waals surface area contributed by atoms with Gasteiger partial charge in [0.05, 0.1) is 17.5 Å². The summed E-state index contributed by atoms with van der Waals surface area (Å²) in [5, 5.41) is 2.77. The molecule has 1 aliphatic carbocycles. The molecule has 6 nitrogen and oxygen atoms in total. The number of imide groups is 1. The minimum atomic E-state index is -0.315. The average molecular weight is 402 g/mol. The Balaban J connectivity index is 1.47. The molecule has 0 radical (unpaired) electrons. The molecule has 0 unspecified atom stereocenters. The zero-order valence-corrected chi connectivity index (χ0v) is 16.8. The lowest BCUT2D eigenvalue weighted by atomic mass is 9.82. The molecule has 1 heterocycles. The summed E-state index contributed by atoms with van der Waals surface area (Å²) in [6, 6.07) is 13.1. The SMILES string of the molecule is CC(=O)c1ccc(NC(=O)c2ccc(N3C(=O)[C@H]4CC=C(C)C[C@H]4C3=O)cc2)cc1. The van der Waals surface area contributed by atoms with Crippen molar-refractivity contribution in [2.75, 3.05) is 10.2 Å². The molecule has 30 heavy (non-hydrogen) atoms. The number of carbonyl (C=O) groups is 4. The van der Waals surface area contributed by atoms with Gasteiger partial charge < -0.3 is 5.32 Å². The second-order valence-corrected chi connectivity index (χ2v) is 7.85. The molecule has 1 N–H and O–H groups in total. The number of anilines is 2. The van der Waals surface area contributed by atoms with Crippen LogP contribution in [0.4, 0.5) is 11.4 Å². The highest BCUT2D eigenvalue weighted by Gasteiger charge is 2.48. The quantitative estimate of drug-likeness (QED) is 0.476. The lowest BCUT2D eigenvalue weighted by Crippen LogP contribution is -2.30. The Morgan fingerprint density at radius 2 is 1.50 bits per heavy atom. The summed E-state index contributed by atoms with van der Waals surface area (Å²) in [6.45, 7) is 3.47. The second kappa shape index (κ2) is 7.71. The Morgan fingerprint density at radius 1 is 0.900 bits per heavy atom. The van der Waals surface area contributed by atoms with E-state index < -0.39 is 0 Å². The molecule has 1 saturated heterocycles. The van der Waals surface area contributed by atoms with Crippen LogP contribution in [0.3, 0.4) is 0 Å². The number of hydrogen-bond acceptors (Lipinski definition) is 4. The van der Waals surface area contributed by atoms with Crippen molar-refractivity contribution in [3.8, 4) is 0 Å². The van der Waals surface area contributed by atoms with Crippen LogP contribution in [0.5, 0.6) is 0 Å². The number of amides is 3. The summed E-state index contributed by atoms with van der Waals surface area (Å²) in [7, 11) is 0. The number of rotatable bonds is 4. The van der Waals surface area contributed by atoms with Crippen LogP contribution in [0, 0.1) is 11.8 Å². The fraction of sp³-hybridized carbons (Fsp3) is 0.250. The summed E-state index contributed by atoms with van der Waals surface area (Å²) in [5.41, 5.74) is 3.18. The van der Waals surface area contributed by atoms with Gasteiger partial charge in [-0.05, 0) is 75.2 Å². The van der Waals surface area contributed by atoms with Crippen molar-refractivity contribution in [1.29, 1.82) is 0 Å². The Labute approximate surface area is 174 Å². The van der Waals surface area contributed by atoms with Crippen molar-refractivity contribution in [2.24, 2.45) is 11.8 Å². The molecule has 152 valence electrons. The number of Topliss-reactive ketones (excluding diaryl/α,β-unsaturated/α-hetero) is 1. The third-order valence-corrected chi connectivity index (χ3v) is 5.76. The Morgan fingerprint density at radius 3 is 2.13 bits per heavy atom. The van der Waals surface area contributed by atoms with Gasteiger partial charge in [0.1, 0.15) is 0 Å². The molecule has 6 heteroatoms. The van der Waals surface area contributed by atoms with Gasteiger partial charge in [-0.1, -0.05) is 11.6 Å². The van der Waals surface area contributed by atoms with Crippen LogP contribution in [0.15, 0.2) is 60.2 Å². The number of nitrogens with one attached hydrogen (secondary N) is 1. The molecular formula is C24H22N2O4. The Hall–Kier alpha value is -3.54. The predicted octanol–water partition coefficient (Wildman–Crippen LogP) is 3.99. The van der Waals surface area contributed by atoms with E-state index in [0.717, 1.165) is 5.57 Å². The van der Waals surface area contributed by atoms with Crippen molar-refractivity contribution >= 4 is 34.9 Å². The Bertz CT molecular complexity index is 1070. The first kappa shape index (κ1) is 19.8. The molecule has 2 aliphatic rings. The van der Waals surface area contributed by atoms with Gasteiger partial charge in [-0.3, -0.25) is 24.1 Å². The standard InChI is InChI=1S/C24H22N2O4/c1-14-3-12-20-21(13-14)24(30)26(23(20)29)19-10-6-17(7-11-19)22(28)25-18-8-4-16(5-9-18)15(2)27/h3-11,20-21H,12-13H2,1-2H3,(H,25,28)/t20-,21+/m0/s1. The molecule has 0 spiro atoms. The first-order valence-corrected chi connectivity index (χ1v) is 9.91. The van der Waals surface area contributed by atoms with Crippen LogP contribution in [0.1, 0.15) is 47.4 Å². The maximum absolute atomic E-state index is 12.8. The predicted molar refractivity (Wildman–Crippen MR) is 113 cm³/mol. The average Bonchev–Trinajstić information content (AvgIpc) is 2.98. The zero-order chi connectivity index (χ0) is 21.4. The number of benzene rings is 2. The van der Waals surface area contributed by atoms with Crippen LogP contribution in [0.25, 0.3) is 0 Å². The molecule has 2 aromatic carbocycles. The van der Waals surface area contributed by atoms with Gasteiger partial charge in [-0.15, -0.1) is 0 Å². The van der Waals surface area contributed by atoms with Crippen molar-refractivity contribution in [2.45, 2.75) is 26.7 Å². The van der Waals surface area contributed by atoms with Crippen molar-refractivity contribution in [1.82, 2.24) is 0 Å². The molecule has 0 aromatic heterocycles. The van der Waals surface area contributed by atoms with Gasteiger partial charge in [-0.2, -0.15) is 0 Å². The van der Waals surface area contributed by atoms with Crippen LogP contribution in [-0.4, -0.2) is 23.5 Å². The second-order valence-electron chi connectivity index (χ2n) is 7.85. The molecule has 4 rings (SSSR count). The van der Waals surface area contributed by atoms with E-state index in [0.29, 0.717) is 35.3 Å². The summed E-state index contributed by atoms with van der Waals surface area (Å²) in [6.07, 6.45) is 3.25. The highest BCUT2D eigenvalue weighted by Crippen LogP contribution is 2.39. The van der Waals surface area contributed by atoms with Gasteiger partial charge in [0.25, 0.3) is 5.91 Å². The summed E-state index contributed by atoms with van der Waals surface area (Å²) in [5.74, 6) is -1.27. The highest BCUT2D eigenvalue weighted by atomic mass is 16.2. The van der Waals surface area contributed by atoms with Crippen LogP contribution >= 0.6 is 0 Å². The first-order chi connectivity index (χ1) is 14.3. The molecule has 2 aromatic rings. The van der Waals surface area contributed by atoms with E-state index >= 15 is 0 Å². The number of allylic oxidation sites excluding steroid dienone is 2. The van der Waals surface area contributed by atoms with E-state index in [1.165, 1.54) is 11.8 Å². The summed E-state index contributed by atoms with van der Waals surface area (Å²) in [4.78, 5) is 50.7. The number of ketones is 1. The van der Waals surface area contributed by atoms with E-state index in [2.05, 4.69) is 5.32 Å². The fourth-order valence-electron chi connectivity index (χ4n) is 4.05. The number of nitrogens with zero attached hydrogens (tertiary/aromatic N) is 1. The van der Waals surface area contributed by atoms with Crippen molar-refractivity contribution in [3.05, 3.63) is 71.3 Å². The lowest BCUT2D eigenvalue weighted by molar-refractivity contribution is -0.122. The van der Waals surface area contributed by atoms with E-state index in [1.54, 1.807) is 48.5 Å². The maximum atomic E-state index is 12.8. The normalized spacial score (nSPS) is 20.6. The minimum absolute atomic E-state index is 0.0414. The first-order valence-electron chi connectivity index (χ1n) is 9.91. The zero-order valence-electron chi connectivity index (χ0n) is 16.8. The number of carbonyl (C=O) groups excluding carboxylic acids is 4. The fourth-order valence-corrected chi connectivity index (χ4v) is 4.05. The van der Waals surface area contributed by atoms with Gasteiger partial charge >= 0.3 is 0 Å². The number of fused-ring (bicyclic) bond motifs is 1. The van der Waals surface area contributed by atoms with Crippen LogP contribution in [0.2, 0.25) is 0 Å². The topological polar surface area (TPSA) is 83.6 Å². The minimum Gasteiger partial charge on any atom is -0.322 e. The molecule has 3 amide bonds. The smallest absolute Gasteiger partial charge is 0.255 e. The monoisotopic (exact) mass is 402 g/mol. The molecule has 1 fully saturated rings. The largest absolute Gasteiger partial charge is 0.322 e. The van der Waals surface area contributed by atoms with Gasteiger partial charge in [0, 0.05) is 16.8 Å². The Kier molecular flexibility index (Phi) is 5.08. The van der Waals surface area contributed by atoms with E-state index in [-0.39, 0.29) is 35.3 Å². The van der Waals surface area contributed by atoms with Gasteiger partial charge in [-0.25, -0.2) is 0 Å². The van der Waals surface area contributed by atoms with E-state index in [4.69, 9.17) is 0 Å². The number of hydrogen-bond donors (Lipinski definition) is 1. The van der Waals surface area contributed by atoms with E-state index in [9.17, 15) is 19.2 Å². The third kappa shape index (κ3) is 3.56. The molecular weight excluding hydrogens is 380 g/mol. The summed E-state index contributed by atoms with van der Waals surface area (Å²) >= 11 is 0. The highest BCUT2D eigenvalue weighted by molar-refractivity contribution is 6.22. The van der Waals surface area contributed by atoms with Gasteiger partial charge in [0.15, 0.2) is 5.78 Å². The maximum Gasteiger partial charge on any atom is 0.255 e. The molecule has 1 aliphatic heterocycles. The molecule has 0 saturated carbocycles. The molecule has 2 atom stereocenters. The van der Waals surface area contributed by atoms with E-state index in [1.807, 2.05) is 13.0 Å². The lowest BCUT2D eigenvalue weighted by Gasteiger charge is -2.18. The third-order valence-electron chi connectivity index (χ3n) is 5.76.